The summed E-state index contributed by atoms with van der Waals surface area (Å²) in [5, 5.41) is 12.5. The van der Waals surface area contributed by atoms with E-state index < -0.39 is 23.8 Å². The van der Waals surface area contributed by atoms with Gasteiger partial charge in [-0.2, -0.15) is 0 Å². The van der Waals surface area contributed by atoms with Crippen LogP contribution in [0.4, 0.5) is 10.1 Å². The normalized spacial score (nSPS) is 11.9. The molecule has 0 aliphatic rings. The first-order valence-corrected chi connectivity index (χ1v) is 8.24. The van der Waals surface area contributed by atoms with Crippen molar-refractivity contribution in [2.24, 2.45) is 0 Å². The summed E-state index contributed by atoms with van der Waals surface area (Å²) in [6.45, 7) is 1.56. The number of rotatable bonds is 5. The van der Waals surface area contributed by atoms with Crippen LogP contribution in [-0.2, 0) is 4.79 Å². The first-order valence-electron chi connectivity index (χ1n) is 7.42. The number of aromatic carboxylic acids is 1. The van der Waals surface area contributed by atoms with Crippen LogP contribution in [0.1, 0.15) is 16.6 Å². The molecule has 1 aromatic heterocycles. The topological polar surface area (TPSA) is 75.6 Å². The van der Waals surface area contributed by atoms with Gasteiger partial charge in [0.1, 0.15) is 16.4 Å². The average Bonchev–Trinajstić information content (AvgIpc) is 2.98. The van der Waals surface area contributed by atoms with E-state index in [0.29, 0.717) is 5.69 Å². The van der Waals surface area contributed by atoms with Gasteiger partial charge in [-0.1, -0.05) is 6.07 Å². The molecule has 25 heavy (non-hydrogen) atoms. The summed E-state index contributed by atoms with van der Waals surface area (Å²) >= 11 is 1.17. The zero-order valence-corrected chi connectivity index (χ0v) is 14.0. The van der Waals surface area contributed by atoms with Crippen LogP contribution in [0.25, 0.3) is 10.1 Å². The zero-order chi connectivity index (χ0) is 18.0. The van der Waals surface area contributed by atoms with Crippen molar-refractivity contribution in [1.82, 2.24) is 0 Å². The lowest BCUT2D eigenvalue weighted by molar-refractivity contribution is -0.122. The Balaban J connectivity index is 1.71. The number of fused-ring (bicyclic) bond motifs is 1. The molecule has 128 valence electrons. The van der Waals surface area contributed by atoms with Crippen molar-refractivity contribution in [3.05, 3.63) is 59.2 Å². The quantitative estimate of drug-likeness (QED) is 0.718. The van der Waals surface area contributed by atoms with Crippen molar-refractivity contribution >= 4 is 39.0 Å². The van der Waals surface area contributed by atoms with Crippen LogP contribution in [0.15, 0.2) is 48.5 Å². The smallest absolute Gasteiger partial charge is 0.345 e. The van der Waals surface area contributed by atoms with Gasteiger partial charge in [-0.15, -0.1) is 11.3 Å². The van der Waals surface area contributed by atoms with Gasteiger partial charge >= 0.3 is 5.97 Å². The number of hydrogen-bond acceptors (Lipinski definition) is 4. The third-order valence-corrected chi connectivity index (χ3v) is 4.58. The number of thiophene rings is 1. The van der Waals surface area contributed by atoms with Crippen LogP contribution >= 0.6 is 11.3 Å². The maximum absolute atomic E-state index is 13.2. The molecule has 1 amide bonds. The van der Waals surface area contributed by atoms with Crippen LogP contribution in [-0.4, -0.2) is 23.1 Å². The molecule has 3 aromatic rings. The predicted octanol–water partition coefficient (Wildman–Crippen LogP) is 4.14. The minimum Gasteiger partial charge on any atom is -0.481 e. The Bertz CT molecular complexity index is 953. The number of ether oxygens (including phenoxy) is 1. The van der Waals surface area contributed by atoms with Gasteiger partial charge in [0, 0.05) is 16.5 Å². The fourth-order valence-electron chi connectivity index (χ4n) is 2.27. The maximum Gasteiger partial charge on any atom is 0.345 e. The second-order valence-electron chi connectivity index (χ2n) is 5.38. The van der Waals surface area contributed by atoms with E-state index >= 15 is 0 Å². The molecule has 0 saturated heterocycles. The number of carboxylic acid groups (broad SMARTS) is 1. The van der Waals surface area contributed by atoms with Crippen LogP contribution in [0, 0.1) is 5.82 Å². The summed E-state index contributed by atoms with van der Waals surface area (Å²) in [5.74, 6) is -1.55. The number of anilines is 1. The van der Waals surface area contributed by atoms with Crippen molar-refractivity contribution in [3.8, 4) is 5.75 Å². The number of carboxylic acids is 1. The van der Waals surface area contributed by atoms with Crippen LogP contribution in [0.2, 0.25) is 0 Å². The van der Waals surface area contributed by atoms with Gasteiger partial charge in [0.2, 0.25) is 0 Å². The Kier molecular flexibility index (Phi) is 4.67. The number of amides is 1. The highest BCUT2D eigenvalue weighted by molar-refractivity contribution is 7.20. The molecule has 0 radical (unpaired) electrons. The van der Waals surface area contributed by atoms with Gasteiger partial charge < -0.3 is 15.2 Å². The van der Waals surface area contributed by atoms with Crippen molar-refractivity contribution in [3.63, 3.8) is 0 Å². The van der Waals surface area contributed by atoms with Crippen LogP contribution in [0.3, 0.4) is 0 Å². The molecule has 0 bridgehead atoms. The van der Waals surface area contributed by atoms with E-state index in [1.165, 1.54) is 29.5 Å². The number of carbonyl (C=O) groups is 2. The molecule has 0 saturated carbocycles. The number of halogens is 1. The fraction of sp³-hybridized carbons (Fsp3) is 0.111. The third-order valence-electron chi connectivity index (χ3n) is 3.47. The lowest BCUT2D eigenvalue weighted by atomic mass is 10.2. The summed E-state index contributed by atoms with van der Waals surface area (Å²) in [5.41, 5.74) is 0.530. The second kappa shape index (κ2) is 6.90. The summed E-state index contributed by atoms with van der Waals surface area (Å²) in [4.78, 5) is 23.5. The number of carbonyl (C=O) groups excluding carboxylic acids is 1. The zero-order valence-electron chi connectivity index (χ0n) is 13.2. The van der Waals surface area contributed by atoms with E-state index in [0.717, 1.165) is 10.1 Å². The highest BCUT2D eigenvalue weighted by Crippen LogP contribution is 2.28. The molecule has 0 unspecified atom stereocenters. The molecule has 0 aliphatic carbocycles. The third kappa shape index (κ3) is 3.95. The van der Waals surface area contributed by atoms with Gasteiger partial charge in [-0.05, 0) is 48.7 Å². The average molecular weight is 359 g/mol. The van der Waals surface area contributed by atoms with Crippen LogP contribution < -0.4 is 10.1 Å². The van der Waals surface area contributed by atoms with E-state index in [2.05, 4.69) is 5.32 Å². The Hall–Kier alpha value is -2.93. The largest absolute Gasteiger partial charge is 0.481 e. The highest BCUT2D eigenvalue weighted by Gasteiger charge is 2.16. The van der Waals surface area contributed by atoms with Crippen LogP contribution in [0.5, 0.6) is 5.75 Å². The molecule has 2 N–H and O–H groups in total. The molecule has 3 rings (SSSR count). The Morgan fingerprint density at radius 2 is 2.00 bits per heavy atom. The van der Waals surface area contributed by atoms with E-state index in [9.17, 15) is 14.0 Å². The summed E-state index contributed by atoms with van der Waals surface area (Å²) in [6, 6.07) is 12.3. The monoisotopic (exact) mass is 359 g/mol. The Labute approximate surface area is 146 Å². The predicted molar refractivity (Wildman–Crippen MR) is 93.9 cm³/mol. The van der Waals surface area contributed by atoms with Gasteiger partial charge in [-0.3, -0.25) is 4.79 Å². The fourth-order valence-corrected chi connectivity index (χ4v) is 3.15. The van der Waals surface area contributed by atoms with E-state index in [1.54, 1.807) is 37.3 Å². The Morgan fingerprint density at radius 3 is 2.72 bits per heavy atom. The van der Waals surface area contributed by atoms with Gasteiger partial charge in [0.05, 0.1) is 0 Å². The molecule has 0 fully saturated rings. The maximum atomic E-state index is 13.2. The number of benzene rings is 2. The minimum absolute atomic E-state index is 0.237. The Morgan fingerprint density at radius 1 is 1.20 bits per heavy atom. The molecular weight excluding hydrogens is 345 g/mol. The first kappa shape index (κ1) is 16.9. The standard InChI is InChI=1S/C18H14FNO4S/c1-10(24-14-4-2-3-12(19)9-14)17(21)20-13-5-6-15-11(7-13)8-16(25-15)18(22)23/h2-10H,1H3,(H,20,21)(H,22,23)/t10-/m0/s1. The summed E-state index contributed by atoms with van der Waals surface area (Å²) in [7, 11) is 0. The van der Waals surface area contributed by atoms with Gasteiger partial charge in [0.25, 0.3) is 5.91 Å². The molecule has 5 nitrogen and oxygen atoms in total. The molecular formula is C18H14FNO4S. The molecule has 7 heteroatoms. The SMILES string of the molecule is C[C@H](Oc1cccc(F)c1)C(=O)Nc1ccc2sc(C(=O)O)cc2c1. The lowest BCUT2D eigenvalue weighted by Crippen LogP contribution is -2.30. The molecule has 1 atom stereocenters. The van der Waals surface area contributed by atoms with E-state index in [1.807, 2.05) is 0 Å². The highest BCUT2D eigenvalue weighted by atomic mass is 32.1. The van der Waals surface area contributed by atoms with E-state index in [4.69, 9.17) is 9.84 Å². The first-order chi connectivity index (χ1) is 11.9. The van der Waals surface area contributed by atoms with Crippen molar-refractivity contribution < 1.29 is 23.8 Å². The molecule has 0 spiro atoms. The van der Waals surface area contributed by atoms with E-state index in [-0.39, 0.29) is 10.6 Å². The number of hydrogen-bond donors (Lipinski definition) is 2. The molecule has 2 aromatic carbocycles. The van der Waals surface area contributed by atoms with Crippen molar-refractivity contribution in [2.75, 3.05) is 5.32 Å². The summed E-state index contributed by atoms with van der Waals surface area (Å²) in [6.07, 6.45) is -0.824. The minimum atomic E-state index is -0.982. The summed E-state index contributed by atoms with van der Waals surface area (Å²) < 4.78 is 19.4. The van der Waals surface area contributed by atoms with Crippen molar-refractivity contribution in [1.29, 1.82) is 0 Å². The number of nitrogens with one attached hydrogen (secondary N) is 1. The molecule has 0 aliphatic heterocycles. The van der Waals surface area contributed by atoms with Gasteiger partial charge in [0.15, 0.2) is 6.10 Å². The van der Waals surface area contributed by atoms with Gasteiger partial charge in [-0.25, -0.2) is 9.18 Å². The lowest BCUT2D eigenvalue weighted by Gasteiger charge is -2.14. The van der Waals surface area contributed by atoms with Crippen molar-refractivity contribution in [2.45, 2.75) is 13.0 Å². The molecule has 1 heterocycles. The second-order valence-corrected chi connectivity index (χ2v) is 6.46.